The van der Waals surface area contributed by atoms with Crippen molar-refractivity contribution in [2.45, 2.75) is 12.8 Å². The van der Waals surface area contributed by atoms with Gasteiger partial charge in [0.05, 0.1) is 5.52 Å². The van der Waals surface area contributed by atoms with Crippen molar-refractivity contribution in [2.75, 3.05) is 11.4 Å². The molecule has 1 aliphatic heterocycles. The third-order valence-electron chi connectivity index (χ3n) is 4.45. The van der Waals surface area contributed by atoms with Crippen molar-refractivity contribution in [3.63, 3.8) is 0 Å². The first-order valence-corrected chi connectivity index (χ1v) is 8.24. The summed E-state index contributed by atoms with van der Waals surface area (Å²) in [6, 6.07) is 18.1. The number of benzene rings is 2. The predicted octanol–water partition coefficient (Wildman–Crippen LogP) is 4.23. The molecule has 0 atom stereocenters. The fraction of sp³-hybridized carbons (Fsp3) is 0.143. The molecule has 24 heavy (non-hydrogen) atoms. The van der Waals surface area contributed by atoms with E-state index >= 15 is 0 Å². The van der Waals surface area contributed by atoms with E-state index in [1.807, 2.05) is 59.5 Å². The van der Waals surface area contributed by atoms with E-state index in [2.05, 4.69) is 11.1 Å². The van der Waals surface area contributed by atoms with Gasteiger partial charge in [-0.3, -0.25) is 9.78 Å². The maximum atomic E-state index is 12.7. The van der Waals surface area contributed by atoms with E-state index in [1.165, 1.54) is 5.56 Å². The van der Waals surface area contributed by atoms with Crippen molar-refractivity contribution in [2.24, 2.45) is 0 Å². The van der Waals surface area contributed by atoms with Gasteiger partial charge in [0.1, 0.15) is 0 Å². The van der Waals surface area contributed by atoms with Gasteiger partial charge in [0.2, 0.25) is 0 Å². The van der Waals surface area contributed by atoms with Crippen LogP contribution in [0.25, 0.3) is 17.0 Å². The predicted molar refractivity (Wildman–Crippen MR) is 97.9 cm³/mol. The van der Waals surface area contributed by atoms with Crippen molar-refractivity contribution in [1.82, 2.24) is 4.98 Å². The highest BCUT2D eigenvalue weighted by molar-refractivity contribution is 6.05. The average Bonchev–Trinajstić information content (AvgIpc) is 2.65. The Balaban J connectivity index is 1.64. The van der Waals surface area contributed by atoms with Crippen LogP contribution in [0.15, 0.2) is 66.9 Å². The number of hydrogen-bond acceptors (Lipinski definition) is 2. The lowest BCUT2D eigenvalue weighted by Gasteiger charge is -2.28. The summed E-state index contributed by atoms with van der Waals surface area (Å²) in [4.78, 5) is 19.0. The second kappa shape index (κ2) is 6.28. The van der Waals surface area contributed by atoms with Crippen molar-refractivity contribution in [3.05, 3.63) is 78.0 Å². The van der Waals surface area contributed by atoms with Crippen molar-refractivity contribution in [1.29, 1.82) is 0 Å². The molecule has 0 fully saturated rings. The molecule has 0 saturated heterocycles. The fourth-order valence-electron chi connectivity index (χ4n) is 3.28. The molecule has 2 heterocycles. The Morgan fingerprint density at radius 1 is 1.04 bits per heavy atom. The van der Waals surface area contributed by atoms with E-state index in [4.69, 9.17) is 0 Å². The van der Waals surface area contributed by atoms with E-state index in [0.717, 1.165) is 41.5 Å². The summed E-state index contributed by atoms with van der Waals surface area (Å²) in [6.45, 7) is 0.772. The summed E-state index contributed by atoms with van der Waals surface area (Å²) in [6.07, 6.45) is 7.35. The van der Waals surface area contributed by atoms with Crippen LogP contribution in [-0.2, 0) is 11.2 Å². The van der Waals surface area contributed by atoms with E-state index < -0.39 is 0 Å². The summed E-state index contributed by atoms with van der Waals surface area (Å²) in [5.41, 5.74) is 4.17. The van der Waals surface area contributed by atoms with Gasteiger partial charge >= 0.3 is 0 Å². The van der Waals surface area contributed by atoms with Crippen molar-refractivity contribution >= 4 is 28.6 Å². The third-order valence-corrected chi connectivity index (χ3v) is 4.45. The molecule has 1 aliphatic rings. The van der Waals surface area contributed by atoms with Crippen LogP contribution in [0.4, 0.5) is 5.69 Å². The molecule has 3 heteroatoms. The topological polar surface area (TPSA) is 33.2 Å². The first kappa shape index (κ1) is 14.6. The number of carbonyl (C=O) groups is 1. The highest BCUT2D eigenvalue weighted by Gasteiger charge is 2.20. The smallest absolute Gasteiger partial charge is 0.250 e. The van der Waals surface area contributed by atoms with Gasteiger partial charge in [-0.25, -0.2) is 0 Å². The summed E-state index contributed by atoms with van der Waals surface area (Å²) in [5, 5.41) is 1.08. The van der Waals surface area contributed by atoms with Crippen LogP contribution in [0.3, 0.4) is 0 Å². The zero-order valence-corrected chi connectivity index (χ0v) is 13.4. The number of pyridine rings is 1. The Morgan fingerprint density at radius 2 is 1.92 bits per heavy atom. The van der Waals surface area contributed by atoms with Gasteiger partial charge in [-0.15, -0.1) is 0 Å². The molecule has 0 spiro atoms. The van der Waals surface area contributed by atoms with Gasteiger partial charge in [-0.05, 0) is 36.6 Å². The molecule has 2 aromatic carbocycles. The Hall–Kier alpha value is -2.94. The number of fused-ring (bicyclic) bond motifs is 2. The van der Waals surface area contributed by atoms with Crippen LogP contribution in [0.1, 0.15) is 17.5 Å². The number of hydrogen-bond donors (Lipinski definition) is 0. The number of aryl methyl sites for hydroxylation is 1. The largest absolute Gasteiger partial charge is 0.309 e. The molecular weight excluding hydrogens is 296 g/mol. The molecule has 0 aliphatic carbocycles. The molecule has 0 unspecified atom stereocenters. The van der Waals surface area contributed by atoms with Crippen LogP contribution >= 0.6 is 0 Å². The number of rotatable bonds is 2. The summed E-state index contributed by atoms with van der Waals surface area (Å²) >= 11 is 0. The molecule has 0 saturated carbocycles. The number of carbonyl (C=O) groups excluding carboxylic acids is 1. The second-order valence-electron chi connectivity index (χ2n) is 5.98. The molecule has 0 radical (unpaired) electrons. The number of anilines is 1. The number of nitrogens with zero attached hydrogens (tertiary/aromatic N) is 2. The minimum atomic E-state index is 0.0232. The molecule has 4 rings (SSSR count). The molecule has 3 nitrogen and oxygen atoms in total. The van der Waals surface area contributed by atoms with E-state index in [-0.39, 0.29) is 5.91 Å². The van der Waals surface area contributed by atoms with Crippen molar-refractivity contribution < 1.29 is 4.79 Å². The first-order chi connectivity index (χ1) is 11.8. The Labute approximate surface area is 141 Å². The summed E-state index contributed by atoms with van der Waals surface area (Å²) in [7, 11) is 0. The van der Waals surface area contributed by atoms with Crippen LogP contribution < -0.4 is 4.90 Å². The average molecular weight is 314 g/mol. The van der Waals surface area contributed by atoms with E-state index in [9.17, 15) is 4.79 Å². The second-order valence-corrected chi connectivity index (χ2v) is 5.98. The number of aromatic nitrogens is 1. The van der Waals surface area contributed by atoms with Crippen LogP contribution in [0.5, 0.6) is 0 Å². The summed E-state index contributed by atoms with van der Waals surface area (Å²) < 4.78 is 0. The molecule has 0 N–H and O–H groups in total. The first-order valence-electron chi connectivity index (χ1n) is 8.24. The van der Waals surface area contributed by atoms with E-state index in [0.29, 0.717) is 0 Å². The van der Waals surface area contributed by atoms with Crippen molar-refractivity contribution in [3.8, 4) is 0 Å². The standard InChI is InChI=1S/C21H18N2O/c24-20(23-15-5-10-16-6-1-2-11-19(16)23)13-12-18-8-3-7-17-9-4-14-22-21(17)18/h1-4,6-9,11-14H,5,10,15H2/b13-12+. The van der Waals surface area contributed by atoms with Gasteiger partial charge < -0.3 is 4.90 Å². The quantitative estimate of drug-likeness (QED) is 0.663. The Kier molecular flexibility index (Phi) is 3.83. The SMILES string of the molecule is O=C(/C=C/c1cccc2cccnc12)N1CCCc2ccccc21. The molecule has 3 aromatic rings. The Morgan fingerprint density at radius 3 is 2.88 bits per heavy atom. The molecular formula is C21H18N2O. The molecule has 0 bridgehead atoms. The van der Waals surface area contributed by atoms with Gasteiger partial charge in [0, 0.05) is 35.5 Å². The minimum Gasteiger partial charge on any atom is -0.309 e. The Bertz CT molecular complexity index is 925. The zero-order valence-electron chi connectivity index (χ0n) is 13.4. The lowest BCUT2D eigenvalue weighted by Crippen LogP contribution is -2.34. The lowest BCUT2D eigenvalue weighted by molar-refractivity contribution is -0.114. The molecule has 118 valence electrons. The maximum Gasteiger partial charge on any atom is 0.250 e. The number of amides is 1. The summed E-state index contributed by atoms with van der Waals surface area (Å²) in [5.74, 6) is 0.0232. The maximum absolute atomic E-state index is 12.7. The van der Waals surface area contributed by atoms with Crippen LogP contribution in [0, 0.1) is 0 Å². The van der Waals surface area contributed by atoms with Gasteiger partial charge in [0.25, 0.3) is 5.91 Å². The highest BCUT2D eigenvalue weighted by Crippen LogP contribution is 2.27. The minimum absolute atomic E-state index is 0.0232. The van der Waals surface area contributed by atoms with E-state index in [1.54, 1.807) is 12.3 Å². The zero-order chi connectivity index (χ0) is 16.4. The number of para-hydroxylation sites is 2. The molecule has 1 amide bonds. The third kappa shape index (κ3) is 2.69. The highest BCUT2D eigenvalue weighted by atomic mass is 16.2. The molecule has 1 aromatic heterocycles. The van der Waals surface area contributed by atoms with Gasteiger partial charge in [0.15, 0.2) is 0 Å². The normalized spacial score (nSPS) is 14.1. The van der Waals surface area contributed by atoms with Gasteiger partial charge in [-0.1, -0.05) is 42.5 Å². The van der Waals surface area contributed by atoms with Gasteiger partial charge in [-0.2, -0.15) is 0 Å². The monoisotopic (exact) mass is 314 g/mol. The lowest BCUT2D eigenvalue weighted by atomic mass is 10.0. The fourth-order valence-corrected chi connectivity index (χ4v) is 3.28. The van der Waals surface area contributed by atoms with Crippen LogP contribution in [-0.4, -0.2) is 17.4 Å². The van der Waals surface area contributed by atoms with Crippen LogP contribution in [0.2, 0.25) is 0 Å².